The van der Waals surface area contributed by atoms with Crippen LogP contribution in [0.2, 0.25) is 10.0 Å². The number of rotatable bonds is 3. The number of hydrogen-bond acceptors (Lipinski definition) is 5. The Morgan fingerprint density at radius 1 is 1.27 bits per heavy atom. The van der Waals surface area contributed by atoms with E-state index in [1.54, 1.807) is 18.2 Å². The maximum atomic E-state index is 11.6. The van der Waals surface area contributed by atoms with Gasteiger partial charge in [-0.05, 0) is 24.3 Å². The smallest absolute Gasteiger partial charge is 0.302 e. The maximum Gasteiger partial charge on any atom is 0.302 e. The second-order valence-corrected chi connectivity index (χ2v) is 6.49. The summed E-state index contributed by atoms with van der Waals surface area (Å²) in [7, 11) is -4.54. The quantitative estimate of drug-likeness (QED) is 0.698. The highest BCUT2D eigenvalue weighted by Gasteiger charge is 2.25. The van der Waals surface area contributed by atoms with E-state index in [2.05, 4.69) is 15.4 Å². The Morgan fingerprint density at radius 2 is 2.05 bits per heavy atom. The van der Waals surface area contributed by atoms with Gasteiger partial charge in [0, 0.05) is 17.4 Å². The Bertz CT molecular complexity index is 972. The van der Waals surface area contributed by atoms with E-state index in [1.165, 1.54) is 23.0 Å². The third-order valence-corrected chi connectivity index (χ3v) is 4.25. The van der Waals surface area contributed by atoms with Crippen molar-refractivity contribution in [1.29, 1.82) is 0 Å². The molecule has 0 amide bonds. The van der Waals surface area contributed by atoms with E-state index in [0.717, 1.165) is 0 Å². The largest absolute Gasteiger partial charge is 0.336 e. The number of aromatic nitrogens is 3. The van der Waals surface area contributed by atoms with Gasteiger partial charge in [0.25, 0.3) is 0 Å². The van der Waals surface area contributed by atoms with Crippen LogP contribution in [0.4, 0.5) is 11.5 Å². The summed E-state index contributed by atoms with van der Waals surface area (Å²) in [5.41, 5.74) is 0.341. The van der Waals surface area contributed by atoms with Crippen LogP contribution < -0.4 is 5.32 Å². The first kappa shape index (κ1) is 15.0. The topological polar surface area (TPSA) is 96.6 Å². The van der Waals surface area contributed by atoms with Crippen LogP contribution >= 0.6 is 23.2 Å². The molecule has 0 atom stereocenters. The Morgan fingerprint density at radius 3 is 2.77 bits per heavy atom. The number of halogens is 2. The van der Waals surface area contributed by atoms with Crippen LogP contribution in [0.15, 0.2) is 41.6 Å². The van der Waals surface area contributed by atoms with Gasteiger partial charge in [-0.15, -0.1) is 5.10 Å². The van der Waals surface area contributed by atoms with Crippen molar-refractivity contribution in [3.63, 3.8) is 0 Å². The summed E-state index contributed by atoms with van der Waals surface area (Å²) >= 11 is 11.9. The molecule has 2 aromatic heterocycles. The van der Waals surface area contributed by atoms with Crippen molar-refractivity contribution in [2.24, 2.45) is 0 Å². The van der Waals surface area contributed by atoms with Crippen LogP contribution in [0, 0.1) is 0 Å². The molecule has 3 rings (SSSR count). The third-order valence-electron chi connectivity index (χ3n) is 2.79. The fourth-order valence-corrected chi connectivity index (χ4v) is 2.96. The summed E-state index contributed by atoms with van der Waals surface area (Å²) in [6.07, 6.45) is 2.89. The van der Waals surface area contributed by atoms with Crippen molar-refractivity contribution in [3.05, 3.63) is 46.7 Å². The molecular weight excluding hydrogens is 351 g/mol. The van der Waals surface area contributed by atoms with Gasteiger partial charge in [-0.1, -0.05) is 23.2 Å². The van der Waals surface area contributed by atoms with E-state index >= 15 is 0 Å². The maximum absolute atomic E-state index is 11.6. The molecule has 7 nitrogen and oxygen atoms in total. The number of benzene rings is 1. The molecule has 0 radical (unpaired) electrons. The molecule has 0 saturated heterocycles. The van der Waals surface area contributed by atoms with Crippen molar-refractivity contribution in [2.45, 2.75) is 4.90 Å². The van der Waals surface area contributed by atoms with E-state index in [0.29, 0.717) is 15.7 Å². The van der Waals surface area contributed by atoms with Gasteiger partial charge >= 0.3 is 10.1 Å². The van der Waals surface area contributed by atoms with Crippen molar-refractivity contribution < 1.29 is 13.0 Å². The summed E-state index contributed by atoms with van der Waals surface area (Å²) in [5, 5.41) is 7.52. The summed E-state index contributed by atoms with van der Waals surface area (Å²) < 4.78 is 33.9. The van der Waals surface area contributed by atoms with Gasteiger partial charge < -0.3 is 5.32 Å². The predicted molar refractivity (Wildman–Crippen MR) is 82.5 cm³/mol. The monoisotopic (exact) mass is 358 g/mol. The molecule has 1 aromatic carbocycles. The first-order chi connectivity index (χ1) is 10.4. The predicted octanol–water partition coefficient (Wildman–Crippen LogP) is 3.03. The average molecular weight is 359 g/mol. The van der Waals surface area contributed by atoms with Crippen LogP contribution in [0.25, 0.3) is 5.65 Å². The number of anilines is 2. The molecule has 0 aliphatic carbocycles. The standard InChI is InChI=1S/C12H8Cl2N4O3S/c13-7-2-3-8(14)9(6-7)16-11-10(22(19,20)21)12-15-4-1-5-18(12)17-11/h1-6H,(H,16,17)(H,19,20,21). The molecule has 0 unspecified atom stereocenters. The Hall–Kier alpha value is -1.87. The lowest BCUT2D eigenvalue weighted by molar-refractivity contribution is 0.484. The zero-order valence-electron chi connectivity index (χ0n) is 10.7. The van der Waals surface area contributed by atoms with Crippen LogP contribution in [0.1, 0.15) is 0 Å². The van der Waals surface area contributed by atoms with Gasteiger partial charge in [0.1, 0.15) is 0 Å². The molecule has 10 heteroatoms. The Labute approximate surface area is 135 Å². The lowest BCUT2D eigenvalue weighted by Gasteiger charge is -2.07. The summed E-state index contributed by atoms with van der Waals surface area (Å²) in [4.78, 5) is 3.47. The van der Waals surface area contributed by atoms with E-state index in [1.807, 2.05) is 0 Å². The van der Waals surface area contributed by atoms with E-state index in [4.69, 9.17) is 23.2 Å². The summed E-state index contributed by atoms with van der Waals surface area (Å²) in [6.45, 7) is 0. The Balaban J connectivity index is 2.21. The second kappa shape index (κ2) is 5.40. The van der Waals surface area contributed by atoms with Crippen LogP contribution in [0.3, 0.4) is 0 Å². The van der Waals surface area contributed by atoms with Crippen LogP contribution in [0.5, 0.6) is 0 Å². The SMILES string of the molecule is O=S(=O)(O)c1c(Nc2cc(Cl)ccc2Cl)nn2cccnc12. The molecule has 0 aliphatic rings. The lowest BCUT2D eigenvalue weighted by atomic mass is 10.3. The molecule has 0 fully saturated rings. The minimum absolute atomic E-state index is 0.00866. The third kappa shape index (κ3) is 2.73. The second-order valence-electron chi connectivity index (χ2n) is 4.29. The van der Waals surface area contributed by atoms with Crippen molar-refractivity contribution in [3.8, 4) is 0 Å². The molecule has 0 aliphatic heterocycles. The number of nitrogens with zero attached hydrogens (tertiary/aromatic N) is 3. The van der Waals surface area contributed by atoms with Gasteiger partial charge in [-0.2, -0.15) is 8.42 Å². The number of nitrogens with one attached hydrogen (secondary N) is 1. The number of hydrogen-bond donors (Lipinski definition) is 2. The average Bonchev–Trinajstić information content (AvgIpc) is 2.80. The van der Waals surface area contributed by atoms with E-state index in [-0.39, 0.29) is 11.5 Å². The molecule has 2 N–H and O–H groups in total. The highest BCUT2D eigenvalue weighted by molar-refractivity contribution is 7.86. The van der Waals surface area contributed by atoms with Crippen molar-refractivity contribution in [2.75, 3.05) is 5.32 Å². The van der Waals surface area contributed by atoms with Crippen molar-refractivity contribution in [1.82, 2.24) is 14.6 Å². The fourth-order valence-electron chi connectivity index (χ4n) is 1.91. The first-order valence-electron chi connectivity index (χ1n) is 5.89. The van der Waals surface area contributed by atoms with Gasteiger partial charge in [-0.3, -0.25) is 4.55 Å². The van der Waals surface area contributed by atoms with Gasteiger partial charge in [0.2, 0.25) is 0 Å². The molecular formula is C12H8Cl2N4O3S. The first-order valence-corrected chi connectivity index (χ1v) is 8.09. The van der Waals surface area contributed by atoms with E-state index < -0.39 is 15.0 Å². The summed E-state index contributed by atoms with van der Waals surface area (Å²) in [5.74, 6) is -0.106. The molecule has 22 heavy (non-hydrogen) atoms. The fraction of sp³-hybridized carbons (Fsp3) is 0. The highest BCUT2D eigenvalue weighted by Crippen LogP contribution is 2.32. The Kier molecular flexibility index (Phi) is 3.69. The van der Waals surface area contributed by atoms with Crippen molar-refractivity contribution >= 4 is 50.5 Å². The molecule has 0 bridgehead atoms. The number of fused-ring (bicyclic) bond motifs is 1. The van der Waals surface area contributed by atoms with E-state index in [9.17, 15) is 13.0 Å². The molecule has 2 heterocycles. The highest BCUT2D eigenvalue weighted by atomic mass is 35.5. The lowest BCUT2D eigenvalue weighted by Crippen LogP contribution is -2.03. The molecule has 3 aromatic rings. The van der Waals surface area contributed by atoms with Gasteiger partial charge in [-0.25, -0.2) is 9.50 Å². The molecule has 0 spiro atoms. The summed E-state index contributed by atoms with van der Waals surface area (Å²) in [6, 6.07) is 6.22. The zero-order chi connectivity index (χ0) is 15.9. The van der Waals surface area contributed by atoms with Crippen LogP contribution in [-0.2, 0) is 10.1 Å². The minimum Gasteiger partial charge on any atom is -0.336 e. The zero-order valence-corrected chi connectivity index (χ0v) is 13.1. The van der Waals surface area contributed by atoms with Gasteiger partial charge in [0.05, 0.1) is 10.7 Å². The normalized spacial score (nSPS) is 11.8. The van der Waals surface area contributed by atoms with Crippen LogP contribution in [-0.4, -0.2) is 27.6 Å². The van der Waals surface area contributed by atoms with Gasteiger partial charge in [0.15, 0.2) is 16.4 Å². The molecule has 114 valence electrons. The molecule has 0 saturated carbocycles. The minimum atomic E-state index is -4.54.